The van der Waals surface area contributed by atoms with Crippen molar-refractivity contribution in [2.45, 2.75) is 31.9 Å². The quantitative estimate of drug-likeness (QED) is 0.615. The Labute approximate surface area is 92.7 Å². The summed E-state index contributed by atoms with van der Waals surface area (Å²) in [7, 11) is 0. The lowest BCUT2D eigenvalue weighted by Gasteiger charge is -2.23. The number of rotatable bonds is 1. The summed E-state index contributed by atoms with van der Waals surface area (Å²) < 4.78 is 14.1. The smallest absolute Gasteiger partial charge is 0.104 e. The van der Waals surface area contributed by atoms with Crippen LogP contribution in [-0.4, -0.2) is 6.17 Å². The molecule has 0 aromatic rings. The van der Waals surface area contributed by atoms with Gasteiger partial charge in [-0.25, -0.2) is 4.39 Å². The topological polar surface area (TPSA) is 0 Å². The normalized spacial score (nSPS) is 32.4. The van der Waals surface area contributed by atoms with E-state index in [4.69, 9.17) is 0 Å². The van der Waals surface area contributed by atoms with Gasteiger partial charge in [-0.1, -0.05) is 45.8 Å². The van der Waals surface area contributed by atoms with Crippen molar-refractivity contribution in [2.75, 3.05) is 0 Å². The van der Waals surface area contributed by atoms with Gasteiger partial charge in [0.25, 0.3) is 0 Å². The van der Waals surface area contributed by atoms with Crippen molar-refractivity contribution < 1.29 is 4.39 Å². The van der Waals surface area contributed by atoms with Crippen molar-refractivity contribution in [2.24, 2.45) is 5.92 Å². The van der Waals surface area contributed by atoms with Crippen molar-refractivity contribution in [1.29, 1.82) is 0 Å². The molecule has 0 aromatic carbocycles. The molecule has 0 aliphatic heterocycles. The van der Waals surface area contributed by atoms with E-state index in [0.717, 1.165) is 17.3 Å². The third kappa shape index (κ3) is 2.35. The molecule has 76 valence electrons. The highest BCUT2D eigenvalue weighted by molar-refractivity contribution is 9.11. The zero-order valence-corrected chi connectivity index (χ0v) is 9.63. The lowest BCUT2D eigenvalue weighted by molar-refractivity contribution is 0.303. The minimum absolute atomic E-state index is 0.517. The van der Waals surface area contributed by atoms with Crippen LogP contribution >= 0.6 is 15.9 Å². The average Bonchev–Trinajstić information content (AvgIpc) is 2.21. The molecule has 0 radical (unpaired) electrons. The first-order valence-corrected chi connectivity index (χ1v) is 5.92. The van der Waals surface area contributed by atoms with Crippen LogP contribution < -0.4 is 0 Å². The SMILES string of the molecule is FC1CC=C(C2C=CC(Br)=CC2)CC1. The molecule has 2 aliphatic carbocycles. The van der Waals surface area contributed by atoms with Crippen LogP contribution in [0.4, 0.5) is 4.39 Å². The van der Waals surface area contributed by atoms with Gasteiger partial charge in [0.15, 0.2) is 0 Å². The van der Waals surface area contributed by atoms with Gasteiger partial charge in [-0.05, 0) is 25.7 Å². The fourth-order valence-corrected chi connectivity index (χ4v) is 2.37. The van der Waals surface area contributed by atoms with E-state index in [9.17, 15) is 4.39 Å². The van der Waals surface area contributed by atoms with Gasteiger partial charge in [-0.3, -0.25) is 0 Å². The van der Waals surface area contributed by atoms with E-state index in [1.807, 2.05) is 0 Å². The Morgan fingerprint density at radius 1 is 1.29 bits per heavy atom. The van der Waals surface area contributed by atoms with Gasteiger partial charge < -0.3 is 0 Å². The van der Waals surface area contributed by atoms with Crippen LogP contribution in [0.15, 0.2) is 34.4 Å². The molecule has 2 heteroatoms. The predicted molar refractivity (Wildman–Crippen MR) is 61.1 cm³/mol. The molecule has 0 bridgehead atoms. The standard InChI is InChI=1S/C12H14BrF/c13-11-5-1-9(2-6-11)10-3-7-12(14)8-4-10/h1,3,5-6,9,12H,2,4,7-8H2. The van der Waals surface area contributed by atoms with Crippen LogP contribution in [0.3, 0.4) is 0 Å². The summed E-state index contributed by atoms with van der Waals surface area (Å²) >= 11 is 3.44. The van der Waals surface area contributed by atoms with Gasteiger partial charge in [0.05, 0.1) is 0 Å². The maximum absolute atomic E-state index is 12.9. The van der Waals surface area contributed by atoms with Crippen molar-refractivity contribution in [3.05, 3.63) is 34.4 Å². The lowest BCUT2D eigenvalue weighted by Crippen LogP contribution is -2.11. The molecule has 0 fully saturated rings. The van der Waals surface area contributed by atoms with E-state index >= 15 is 0 Å². The predicted octanol–water partition coefficient (Wildman–Crippen LogP) is 4.29. The maximum Gasteiger partial charge on any atom is 0.104 e. The van der Waals surface area contributed by atoms with E-state index < -0.39 is 6.17 Å². The van der Waals surface area contributed by atoms with Gasteiger partial charge in [-0.2, -0.15) is 0 Å². The van der Waals surface area contributed by atoms with Crippen LogP contribution in [0.5, 0.6) is 0 Å². The number of halogens is 2. The maximum atomic E-state index is 12.9. The van der Waals surface area contributed by atoms with Gasteiger partial charge in [-0.15, -0.1) is 0 Å². The molecule has 2 atom stereocenters. The van der Waals surface area contributed by atoms with Gasteiger partial charge in [0, 0.05) is 10.4 Å². The first kappa shape index (κ1) is 10.2. The molecule has 2 rings (SSSR count). The Balaban J connectivity index is 2.01. The number of allylic oxidation sites excluding steroid dienone is 6. The number of alkyl halides is 1. The zero-order valence-electron chi connectivity index (χ0n) is 8.05. The molecule has 14 heavy (non-hydrogen) atoms. The molecule has 0 saturated carbocycles. The molecule has 0 spiro atoms. The van der Waals surface area contributed by atoms with Gasteiger partial charge in [0.1, 0.15) is 6.17 Å². The fourth-order valence-electron chi connectivity index (χ4n) is 2.03. The fraction of sp³-hybridized carbons (Fsp3) is 0.500. The molecule has 0 aromatic heterocycles. The van der Waals surface area contributed by atoms with Crippen LogP contribution in [-0.2, 0) is 0 Å². The van der Waals surface area contributed by atoms with Crippen molar-refractivity contribution >= 4 is 15.9 Å². The summed E-state index contributed by atoms with van der Waals surface area (Å²) in [5.74, 6) is 0.517. The Morgan fingerprint density at radius 2 is 2.14 bits per heavy atom. The highest BCUT2D eigenvalue weighted by Crippen LogP contribution is 2.32. The minimum Gasteiger partial charge on any atom is -0.247 e. The van der Waals surface area contributed by atoms with Gasteiger partial charge in [0.2, 0.25) is 0 Å². The second kappa shape index (κ2) is 4.43. The Hall–Kier alpha value is -0.370. The van der Waals surface area contributed by atoms with E-state index in [2.05, 4.69) is 40.2 Å². The summed E-state index contributed by atoms with van der Waals surface area (Å²) in [6, 6.07) is 0. The molecule has 2 aliphatic rings. The van der Waals surface area contributed by atoms with Crippen molar-refractivity contribution in [3.63, 3.8) is 0 Å². The van der Waals surface area contributed by atoms with Crippen molar-refractivity contribution in [3.8, 4) is 0 Å². The summed E-state index contributed by atoms with van der Waals surface area (Å²) in [5, 5.41) is 0. The molecular weight excluding hydrogens is 243 g/mol. The Morgan fingerprint density at radius 3 is 2.71 bits per heavy atom. The first-order chi connectivity index (χ1) is 6.75. The summed E-state index contributed by atoms with van der Waals surface area (Å²) in [4.78, 5) is 0. The summed E-state index contributed by atoms with van der Waals surface area (Å²) in [6.07, 6.45) is 11.3. The minimum atomic E-state index is -0.603. The number of hydrogen-bond acceptors (Lipinski definition) is 0. The van der Waals surface area contributed by atoms with Crippen LogP contribution in [0.2, 0.25) is 0 Å². The molecule has 2 unspecified atom stereocenters. The summed E-state index contributed by atoms with van der Waals surface area (Å²) in [6.45, 7) is 0. The average molecular weight is 257 g/mol. The molecule has 0 amide bonds. The molecule has 0 N–H and O–H groups in total. The largest absolute Gasteiger partial charge is 0.247 e. The first-order valence-electron chi connectivity index (χ1n) is 5.12. The van der Waals surface area contributed by atoms with Gasteiger partial charge >= 0.3 is 0 Å². The zero-order chi connectivity index (χ0) is 9.97. The Kier molecular flexibility index (Phi) is 3.22. The second-order valence-corrected chi connectivity index (χ2v) is 4.86. The monoisotopic (exact) mass is 256 g/mol. The van der Waals surface area contributed by atoms with E-state index in [-0.39, 0.29) is 0 Å². The second-order valence-electron chi connectivity index (χ2n) is 3.94. The Bertz CT molecular complexity index is 301. The molecular formula is C12H14BrF. The molecule has 0 nitrogen and oxygen atoms in total. The van der Waals surface area contributed by atoms with Crippen molar-refractivity contribution in [1.82, 2.24) is 0 Å². The highest BCUT2D eigenvalue weighted by atomic mass is 79.9. The van der Waals surface area contributed by atoms with E-state index in [1.165, 1.54) is 5.57 Å². The molecule has 0 heterocycles. The van der Waals surface area contributed by atoms with E-state index in [0.29, 0.717) is 18.8 Å². The van der Waals surface area contributed by atoms with E-state index in [1.54, 1.807) is 0 Å². The van der Waals surface area contributed by atoms with Crippen LogP contribution in [0, 0.1) is 5.92 Å². The van der Waals surface area contributed by atoms with Crippen LogP contribution in [0.25, 0.3) is 0 Å². The number of hydrogen-bond donors (Lipinski definition) is 0. The summed E-state index contributed by atoms with van der Waals surface area (Å²) in [5.41, 5.74) is 1.42. The highest BCUT2D eigenvalue weighted by Gasteiger charge is 2.18. The third-order valence-corrected chi connectivity index (χ3v) is 3.50. The molecule has 0 saturated heterocycles. The van der Waals surface area contributed by atoms with Crippen LogP contribution in [0.1, 0.15) is 25.7 Å². The third-order valence-electron chi connectivity index (χ3n) is 2.91. The lowest BCUT2D eigenvalue weighted by atomic mass is 9.85.